The van der Waals surface area contributed by atoms with Gasteiger partial charge in [0.25, 0.3) is 0 Å². The first-order chi connectivity index (χ1) is 3.84. The Balaban J connectivity index is 2.38. The van der Waals surface area contributed by atoms with Crippen molar-refractivity contribution in [1.82, 2.24) is 5.12 Å². The third-order valence-electron chi connectivity index (χ3n) is 1.44. The molecule has 1 aliphatic heterocycles. The molecule has 1 unspecified atom stereocenters. The van der Waals surface area contributed by atoms with Crippen molar-refractivity contribution in [2.75, 3.05) is 0 Å². The van der Waals surface area contributed by atoms with Crippen molar-refractivity contribution in [1.29, 1.82) is 0 Å². The van der Waals surface area contributed by atoms with E-state index >= 15 is 0 Å². The second-order valence-electron chi connectivity index (χ2n) is 1.98. The van der Waals surface area contributed by atoms with Gasteiger partial charge in [-0.05, 0) is 6.42 Å². The summed E-state index contributed by atoms with van der Waals surface area (Å²) in [4.78, 5) is 0. The van der Waals surface area contributed by atoms with E-state index in [9.17, 15) is 0 Å². The van der Waals surface area contributed by atoms with Gasteiger partial charge in [0.1, 0.15) is 0 Å². The normalized spacial score (nSPS) is 27.2. The van der Waals surface area contributed by atoms with Gasteiger partial charge in [-0.2, -0.15) is 5.10 Å². The molecule has 0 aromatic carbocycles. The molecular weight excluding hydrogens is 102 g/mol. The Labute approximate surface area is 49.1 Å². The largest absolute Gasteiger partial charge is 0.231 e. The van der Waals surface area contributed by atoms with Crippen LogP contribution >= 0.6 is 0 Å². The van der Waals surface area contributed by atoms with Crippen molar-refractivity contribution in [2.45, 2.75) is 25.8 Å². The molecule has 2 N–H and O–H groups in total. The first kappa shape index (κ1) is 5.56. The zero-order valence-corrected chi connectivity index (χ0v) is 5.04. The lowest BCUT2D eigenvalue weighted by Crippen LogP contribution is -2.31. The molecule has 0 saturated carbocycles. The summed E-state index contributed by atoms with van der Waals surface area (Å²) in [5.74, 6) is 5.42. The van der Waals surface area contributed by atoms with E-state index in [1.807, 2.05) is 6.21 Å². The summed E-state index contributed by atoms with van der Waals surface area (Å²) in [6.45, 7) is 2.11. The summed E-state index contributed by atoms with van der Waals surface area (Å²) < 4.78 is 0. The number of nitrogens with zero attached hydrogens (tertiary/aromatic N) is 2. The van der Waals surface area contributed by atoms with Crippen molar-refractivity contribution < 1.29 is 0 Å². The molecule has 0 fully saturated rings. The topological polar surface area (TPSA) is 41.6 Å². The van der Waals surface area contributed by atoms with E-state index in [1.165, 1.54) is 5.12 Å². The van der Waals surface area contributed by atoms with E-state index in [4.69, 9.17) is 5.84 Å². The minimum absolute atomic E-state index is 0.454. The molecule has 0 aliphatic carbocycles. The fourth-order valence-electron chi connectivity index (χ4n) is 0.819. The number of hydrazone groups is 1. The molecule has 1 rings (SSSR count). The molecule has 0 spiro atoms. The van der Waals surface area contributed by atoms with Gasteiger partial charge in [0, 0.05) is 12.6 Å². The SMILES string of the molecule is CCC1CC=NN1N. The molecule has 3 heteroatoms. The summed E-state index contributed by atoms with van der Waals surface area (Å²) in [5, 5.41) is 5.40. The van der Waals surface area contributed by atoms with Crippen molar-refractivity contribution in [3.63, 3.8) is 0 Å². The molecule has 0 aromatic heterocycles. The van der Waals surface area contributed by atoms with Crippen LogP contribution in [0.3, 0.4) is 0 Å². The van der Waals surface area contributed by atoms with E-state index in [0.29, 0.717) is 6.04 Å². The number of hydrogen-bond acceptors (Lipinski definition) is 3. The number of nitrogens with two attached hydrogens (primary N) is 1. The van der Waals surface area contributed by atoms with Crippen LogP contribution in [0.5, 0.6) is 0 Å². The summed E-state index contributed by atoms with van der Waals surface area (Å²) in [6.07, 6.45) is 3.94. The Hall–Kier alpha value is -0.570. The van der Waals surface area contributed by atoms with Gasteiger partial charge in [0.05, 0.1) is 6.04 Å². The Morgan fingerprint density at radius 1 is 2.00 bits per heavy atom. The lowest BCUT2D eigenvalue weighted by molar-refractivity contribution is 0.232. The van der Waals surface area contributed by atoms with Gasteiger partial charge in [-0.15, -0.1) is 0 Å². The van der Waals surface area contributed by atoms with Gasteiger partial charge in [-0.25, -0.2) is 11.0 Å². The molecular formula is C5H11N3. The van der Waals surface area contributed by atoms with Gasteiger partial charge in [0.15, 0.2) is 0 Å². The third kappa shape index (κ3) is 0.816. The van der Waals surface area contributed by atoms with Gasteiger partial charge >= 0.3 is 0 Å². The molecule has 0 bridgehead atoms. The van der Waals surface area contributed by atoms with Crippen LogP contribution in [0.25, 0.3) is 0 Å². The Kier molecular flexibility index (Phi) is 1.48. The maximum absolute atomic E-state index is 5.42. The van der Waals surface area contributed by atoms with E-state index in [0.717, 1.165) is 12.8 Å². The van der Waals surface area contributed by atoms with Gasteiger partial charge in [0.2, 0.25) is 0 Å². The molecule has 1 atom stereocenters. The van der Waals surface area contributed by atoms with Gasteiger partial charge in [-0.1, -0.05) is 6.92 Å². The second-order valence-corrected chi connectivity index (χ2v) is 1.98. The minimum atomic E-state index is 0.454. The first-order valence-electron chi connectivity index (χ1n) is 2.91. The monoisotopic (exact) mass is 113 g/mol. The standard InChI is InChI=1S/C5H11N3/c1-2-5-3-4-7-8(5)6/h4-5H,2-3,6H2,1H3. The molecule has 8 heavy (non-hydrogen) atoms. The number of hydrazine groups is 1. The fraction of sp³-hybridized carbons (Fsp3) is 0.800. The van der Waals surface area contributed by atoms with Crippen LogP contribution in [0.1, 0.15) is 19.8 Å². The van der Waals surface area contributed by atoms with Gasteiger partial charge < -0.3 is 0 Å². The fourth-order valence-corrected chi connectivity index (χ4v) is 0.819. The summed E-state index contributed by atoms with van der Waals surface area (Å²) in [7, 11) is 0. The van der Waals surface area contributed by atoms with E-state index in [2.05, 4.69) is 12.0 Å². The van der Waals surface area contributed by atoms with Crippen LogP contribution < -0.4 is 5.84 Å². The summed E-state index contributed by atoms with van der Waals surface area (Å²) >= 11 is 0. The predicted octanol–water partition coefficient (Wildman–Crippen LogP) is 0.330. The van der Waals surface area contributed by atoms with E-state index in [1.54, 1.807) is 0 Å². The summed E-state index contributed by atoms with van der Waals surface area (Å²) in [5.41, 5.74) is 0. The van der Waals surface area contributed by atoms with Crippen LogP contribution in [0.15, 0.2) is 5.10 Å². The zero-order chi connectivity index (χ0) is 5.98. The Morgan fingerprint density at radius 2 is 2.75 bits per heavy atom. The van der Waals surface area contributed by atoms with Crippen molar-refractivity contribution in [2.24, 2.45) is 10.9 Å². The van der Waals surface area contributed by atoms with Crippen LogP contribution in [0.4, 0.5) is 0 Å². The average Bonchev–Trinajstić information content (AvgIpc) is 2.14. The smallest absolute Gasteiger partial charge is 0.0687 e. The maximum atomic E-state index is 5.42. The second kappa shape index (κ2) is 2.13. The first-order valence-corrected chi connectivity index (χ1v) is 2.91. The Bertz CT molecular complexity index is 99.8. The van der Waals surface area contributed by atoms with Crippen molar-refractivity contribution >= 4 is 6.21 Å². The molecule has 3 nitrogen and oxygen atoms in total. The highest BCUT2D eigenvalue weighted by Gasteiger charge is 2.13. The molecule has 0 amide bonds. The summed E-state index contributed by atoms with van der Waals surface area (Å²) in [6, 6.07) is 0.454. The quantitative estimate of drug-likeness (QED) is 0.498. The molecule has 1 heterocycles. The highest BCUT2D eigenvalue weighted by Crippen LogP contribution is 2.07. The Morgan fingerprint density at radius 3 is 3.00 bits per heavy atom. The number of hydrogen-bond donors (Lipinski definition) is 1. The van der Waals surface area contributed by atoms with E-state index in [-0.39, 0.29) is 0 Å². The lowest BCUT2D eigenvalue weighted by atomic mass is 10.2. The average molecular weight is 113 g/mol. The van der Waals surface area contributed by atoms with E-state index < -0.39 is 0 Å². The zero-order valence-electron chi connectivity index (χ0n) is 5.04. The molecule has 1 aliphatic rings. The highest BCUT2D eigenvalue weighted by atomic mass is 15.6. The number of rotatable bonds is 1. The molecule has 46 valence electrons. The van der Waals surface area contributed by atoms with Crippen molar-refractivity contribution in [3.8, 4) is 0 Å². The van der Waals surface area contributed by atoms with Crippen LogP contribution in [-0.2, 0) is 0 Å². The lowest BCUT2D eigenvalue weighted by Gasteiger charge is -2.14. The van der Waals surface area contributed by atoms with Crippen LogP contribution in [0.2, 0.25) is 0 Å². The predicted molar refractivity (Wildman–Crippen MR) is 33.2 cm³/mol. The van der Waals surface area contributed by atoms with Crippen molar-refractivity contribution in [3.05, 3.63) is 0 Å². The van der Waals surface area contributed by atoms with Crippen LogP contribution in [-0.4, -0.2) is 17.4 Å². The molecule has 0 radical (unpaired) electrons. The maximum Gasteiger partial charge on any atom is 0.0687 e. The van der Waals surface area contributed by atoms with Crippen LogP contribution in [0, 0.1) is 0 Å². The molecule has 0 aromatic rings. The minimum Gasteiger partial charge on any atom is -0.231 e. The van der Waals surface area contributed by atoms with Gasteiger partial charge in [-0.3, -0.25) is 0 Å². The molecule has 0 saturated heterocycles. The third-order valence-corrected chi connectivity index (χ3v) is 1.44. The highest BCUT2D eigenvalue weighted by molar-refractivity contribution is 5.59.